The zero-order valence-electron chi connectivity index (χ0n) is 11.2. The number of amides is 1. The number of hydrogen-bond acceptors (Lipinski definition) is 3. The molecular weight excluding hydrogens is 256 g/mol. The number of hydrogen-bond donors (Lipinski definition) is 1. The predicted molar refractivity (Wildman–Crippen MR) is 76.8 cm³/mol. The Morgan fingerprint density at radius 3 is 3.05 bits per heavy atom. The van der Waals surface area contributed by atoms with Crippen molar-refractivity contribution in [1.82, 2.24) is 10.2 Å². The fraction of sp³-hybridized carbons (Fsp3) is 0.667. The van der Waals surface area contributed by atoms with Crippen molar-refractivity contribution < 1.29 is 4.79 Å². The Hall–Kier alpha value is -0.870. The molecule has 3 heterocycles. The normalized spacial score (nSPS) is 29.4. The van der Waals surface area contributed by atoms with Gasteiger partial charge in [0.15, 0.2) is 0 Å². The Morgan fingerprint density at radius 1 is 1.32 bits per heavy atom. The second-order valence-corrected chi connectivity index (χ2v) is 7.34. The number of carbonyl (C=O) groups excluding carboxylic acids is 1. The van der Waals surface area contributed by atoms with Crippen LogP contribution in [-0.4, -0.2) is 36.0 Å². The van der Waals surface area contributed by atoms with Crippen LogP contribution in [-0.2, 0) is 12.8 Å². The average Bonchev–Trinajstić information content (AvgIpc) is 3.13. The lowest BCUT2D eigenvalue weighted by Gasteiger charge is -2.24. The SMILES string of the molecule is O=C(c1cc2c(s1)CCC2)N1CCC2(CCCN2)C1. The number of rotatable bonds is 1. The van der Waals surface area contributed by atoms with Gasteiger partial charge in [-0.25, -0.2) is 0 Å². The molecule has 4 rings (SSSR count). The van der Waals surface area contributed by atoms with Gasteiger partial charge >= 0.3 is 0 Å². The van der Waals surface area contributed by atoms with Crippen molar-refractivity contribution in [3.63, 3.8) is 0 Å². The number of nitrogens with zero attached hydrogens (tertiary/aromatic N) is 1. The summed E-state index contributed by atoms with van der Waals surface area (Å²) in [6.45, 7) is 2.96. The van der Waals surface area contributed by atoms with Gasteiger partial charge < -0.3 is 10.2 Å². The van der Waals surface area contributed by atoms with Gasteiger partial charge in [-0.1, -0.05) is 0 Å². The third-order valence-electron chi connectivity index (χ3n) is 4.93. The number of thiophene rings is 1. The molecule has 1 aliphatic carbocycles. The van der Waals surface area contributed by atoms with Crippen molar-refractivity contribution in [3.8, 4) is 0 Å². The van der Waals surface area contributed by atoms with Gasteiger partial charge in [0.05, 0.1) is 4.88 Å². The maximum absolute atomic E-state index is 12.6. The van der Waals surface area contributed by atoms with Gasteiger partial charge in [-0.05, 0) is 56.7 Å². The fourth-order valence-electron chi connectivity index (χ4n) is 3.85. The number of fused-ring (bicyclic) bond motifs is 1. The second-order valence-electron chi connectivity index (χ2n) is 6.20. The number of likely N-dealkylation sites (tertiary alicyclic amines) is 1. The number of nitrogens with one attached hydrogen (secondary N) is 1. The van der Waals surface area contributed by atoms with E-state index in [1.54, 1.807) is 11.3 Å². The Morgan fingerprint density at radius 2 is 2.26 bits per heavy atom. The molecule has 4 heteroatoms. The highest BCUT2D eigenvalue weighted by Gasteiger charge is 2.42. The highest BCUT2D eigenvalue weighted by molar-refractivity contribution is 7.14. The average molecular weight is 276 g/mol. The van der Waals surface area contributed by atoms with E-state index in [4.69, 9.17) is 0 Å². The van der Waals surface area contributed by atoms with E-state index >= 15 is 0 Å². The summed E-state index contributed by atoms with van der Waals surface area (Å²) in [6, 6.07) is 2.16. The summed E-state index contributed by atoms with van der Waals surface area (Å²) in [4.78, 5) is 17.1. The molecule has 1 spiro atoms. The lowest BCUT2D eigenvalue weighted by atomic mass is 9.97. The van der Waals surface area contributed by atoms with Crippen molar-refractivity contribution in [2.75, 3.05) is 19.6 Å². The van der Waals surface area contributed by atoms with Crippen molar-refractivity contribution in [2.45, 2.75) is 44.1 Å². The lowest BCUT2D eigenvalue weighted by Crippen LogP contribution is -2.43. The van der Waals surface area contributed by atoms with Crippen LogP contribution in [0.15, 0.2) is 6.07 Å². The van der Waals surface area contributed by atoms with Crippen LogP contribution < -0.4 is 5.32 Å². The van der Waals surface area contributed by atoms with Crippen molar-refractivity contribution in [2.24, 2.45) is 0 Å². The van der Waals surface area contributed by atoms with Gasteiger partial charge in [0, 0.05) is 23.5 Å². The lowest BCUT2D eigenvalue weighted by molar-refractivity contribution is 0.0786. The molecule has 1 amide bonds. The molecule has 1 aromatic rings. The van der Waals surface area contributed by atoms with Crippen LogP contribution in [0.25, 0.3) is 0 Å². The molecule has 3 nitrogen and oxygen atoms in total. The molecule has 1 atom stereocenters. The van der Waals surface area contributed by atoms with Crippen molar-refractivity contribution in [1.29, 1.82) is 0 Å². The van der Waals surface area contributed by atoms with Crippen LogP contribution >= 0.6 is 11.3 Å². The highest BCUT2D eigenvalue weighted by Crippen LogP contribution is 2.34. The monoisotopic (exact) mass is 276 g/mol. The Balaban J connectivity index is 1.51. The molecule has 19 heavy (non-hydrogen) atoms. The molecule has 0 bridgehead atoms. The summed E-state index contributed by atoms with van der Waals surface area (Å²) in [6.07, 6.45) is 7.24. The molecule has 1 unspecified atom stereocenters. The van der Waals surface area contributed by atoms with Crippen molar-refractivity contribution >= 4 is 17.2 Å². The largest absolute Gasteiger partial charge is 0.336 e. The van der Waals surface area contributed by atoms with Crippen LogP contribution in [0.5, 0.6) is 0 Å². The van der Waals surface area contributed by atoms with Crippen molar-refractivity contribution in [3.05, 3.63) is 21.4 Å². The van der Waals surface area contributed by atoms with Crippen LogP contribution in [0.4, 0.5) is 0 Å². The quantitative estimate of drug-likeness (QED) is 0.853. The molecular formula is C15H20N2OS. The first-order chi connectivity index (χ1) is 9.26. The Bertz CT molecular complexity index is 495. The Labute approximate surface area is 118 Å². The summed E-state index contributed by atoms with van der Waals surface area (Å²) >= 11 is 1.74. The maximum Gasteiger partial charge on any atom is 0.264 e. The summed E-state index contributed by atoms with van der Waals surface area (Å²) in [7, 11) is 0. The minimum atomic E-state index is 0.246. The van der Waals surface area contributed by atoms with E-state index in [9.17, 15) is 4.79 Å². The highest BCUT2D eigenvalue weighted by atomic mass is 32.1. The molecule has 1 N–H and O–H groups in total. The van der Waals surface area contributed by atoms with E-state index in [0.717, 1.165) is 30.9 Å². The van der Waals surface area contributed by atoms with Gasteiger partial charge in [-0.3, -0.25) is 4.79 Å². The van der Waals surface area contributed by atoms with E-state index in [-0.39, 0.29) is 11.4 Å². The molecule has 102 valence electrons. The van der Waals surface area contributed by atoms with Gasteiger partial charge in [0.2, 0.25) is 0 Å². The molecule has 2 fully saturated rings. The molecule has 1 aromatic heterocycles. The zero-order chi connectivity index (χ0) is 12.9. The smallest absolute Gasteiger partial charge is 0.264 e. The summed E-state index contributed by atoms with van der Waals surface area (Å²) in [5, 5.41) is 3.62. The molecule has 0 radical (unpaired) electrons. The third-order valence-corrected chi connectivity index (χ3v) is 6.16. The maximum atomic E-state index is 12.6. The summed E-state index contributed by atoms with van der Waals surface area (Å²) in [5.74, 6) is 0.268. The first kappa shape index (κ1) is 11.9. The second kappa shape index (κ2) is 4.32. The molecule has 2 aliphatic heterocycles. The van der Waals surface area contributed by atoms with Gasteiger partial charge in [0.25, 0.3) is 5.91 Å². The van der Waals surface area contributed by atoms with E-state index < -0.39 is 0 Å². The van der Waals surface area contributed by atoms with Gasteiger partial charge in [-0.2, -0.15) is 0 Å². The third kappa shape index (κ3) is 1.93. The minimum Gasteiger partial charge on any atom is -0.336 e. The van der Waals surface area contributed by atoms with E-state index in [0.29, 0.717) is 0 Å². The molecule has 3 aliphatic rings. The van der Waals surface area contributed by atoms with Crippen LogP contribution in [0.3, 0.4) is 0 Å². The standard InChI is InChI=1S/C15H20N2OS/c18-14(13-9-11-3-1-4-12(11)19-13)17-8-6-15(10-17)5-2-7-16-15/h9,16H,1-8,10H2. The van der Waals surface area contributed by atoms with E-state index in [1.807, 2.05) is 0 Å². The predicted octanol–water partition coefficient (Wildman–Crippen LogP) is 2.20. The molecule has 2 saturated heterocycles. The topological polar surface area (TPSA) is 32.3 Å². The molecule has 0 aromatic carbocycles. The molecule has 0 saturated carbocycles. The first-order valence-electron chi connectivity index (χ1n) is 7.42. The fourth-order valence-corrected chi connectivity index (χ4v) is 5.07. The number of aryl methyl sites for hydroxylation is 2. The zero-order valence-corrected chi connectivity index (χ0v) is 12.0. The van der Waals surface area contributed by atoms with Crippen LogP contribution in [0.2, 0.25) is 0 Å². The minimum absolute atomic E-state index is 0.246. The first-order valence-corrected chi connectivity index (χ1v) is 8.23. The summed E-state index contributed by atoms with van der Waals surface area (Å²) in [5.41, 5.74) is 1.68. The van der Waals surface area contributed by atoms with Crippen LogP contribution in [0.1, 0.15) is 45.8 Å². The summed E-state index contributed by atoms with van der Waals surface area (Å²) < 4.78 is 0. The van der Waals surface area contributed by atoms with Gasteiger partial charge in [-0.15, -0.1) is 11.3 Å². The van der Waals surface area contributed by atoms with E-state index in [2.05, 4.69) is 16.3 Å². The van der Waals surface area contributed by atoms with Crippen LogP contribution in [0, 0.1) is 0 Å². The number of carbonyl (C=O) groups is 1. The van der Waals surface area contributed by atoms with Gasteiger partial charge in [0.1, 0.15) is 0 Å². The van der Waals surface area contributed by atoms with E-state index in [1.165, 1.54) is 42.5 Å². The Kier molecular flexibility index (Phi) is 2.71.